The number of carbonyl (C=O) groups excluding carboxylic acids is 3. The normalized spacial score (nSPS) is 23.2. The molecule has 3 N–H and O–H groups in total. The maximum atomic E-state index is 13.0. The van der Waals surface area contributed by atoms with Crippen LogP contribution < -0.4 is 25.6 Å². The summed E-state index contributed by atoms with van der Waals surface area (Å²) in [5.74, 6) is -1.27. The van der Waals surface area contributed by atoms with Crippen molar-refractivity contribution in [3.63, 3.8) is 0 Å². The van der Waals surface area contributed by atoms with Gasteiger partial charge in [-0.05, 0) is 13.8 Å². The molecule has 0 bridgehead atoms. The third kappa shape index (κ3) is 5.05. The smallest absolute Gasteiger partial charge is 0.295 e. The van der Waals surface area contributed by atoms with Crippen molar-refractivity contribution in [3.8, 4) is 0 Å². The van der Waals surface area contributed by atoms with E-state index in [9.17, 15) is 19.5 Å². The number of hydrogen-bond acceptors (Lipinski definition) is 12. The first kappa shape index (κ1) is 26.6. The minimum atomic E-state index is -1.32. The van der Waals surface area contributed by atoms with Gasteiger partial charge in [0.05, 0.1) is 30.7 Å². The van der Waals surface area contributed by atoms with Gasteiger partial charge in [0.25, 0.3) is 11.7 Å². The summed E-state index contributed by atoms with van der Waals surface area (Å²) >= 11 is 2.44. The molecule has 0 aliphatic carbocycles. The number of oxime groups is 1. The Balaban J connectivity index is 1.50. The molecule has 37 heavy (non-hydrogen) atoms. The number of nitrogens with one attached hydrogen (secondary N) is 1. The molecule has 0 saturated carbocycles. The first-order valence-corrected chi connectivity index (χ1v) is 13.5. The number of hydrogen-bond donors (Lipinski definition) is 2. The van der Waals surface area contributed by atoms with Gasteiger partial charge in [-0.3, -0.25) is 19.5 Å². The van der Waals surface area contributed by atoms with Crippen molar-refractivity contribution in [1.29, 1.82) is 0 Å². The highest BCUT2D eigenvalue weighted by Crippen LogP contribution is 2.42. The Morgan fingerprint density at radius 2 is 2.19 bits per heavy atom. The van der Waals surface area contributed by atoms with Crippen molar-refractivity contribution in [2.75, 3.05) is 43.1 Å². The van der Waals surface area contributed by atoms with Gasteiger partial charge in [0.15, 0.2) is 10.8 Å². The first-order valence-electron chi connectivity index (χ1n) is 11.6. The van der Waals surface area contributed by atoms with Crippen LogP contribution in [0.5, 0.6) is 0 Å². The van der Waals surface area contributed by atoms with E-state index in [4.69, 9.17) is 10.6 Å². The monoisotopic (exact) mass is 548 g/mol. The Labute approximate surface area is 221 Å². The molecule has 3 atom stereocenters. The number of aliphatic carboxylic acids is 1. The van der Waals surface area contributed by atoms with Crippen molar-refractivity contribution < 1.29 is 28.9 Å². The summed E-state index contributed by atoms with van der Waals surface area (Å²) in [5.41, 5.74) is 4.47. The number of thioether (sulfide) groups is 1. The average Bonchev–Trinajstić information content (AvgIpc) is 3.32. The predicted octanol–water partition coefficient (Wildman–Crippen LogP) is -1.56. The van der Waals surface area contributed by atoms with E-state index in [2.05, 4.69) is 25.3 Å². The van der Waals surface area contributed by atoms with Crippen LogP contribution in [0.1, 0.15) is 19.5 Å². The van der Waals surface area contributed by atoms with Gasteiger partial charge in [0.2, 0.25) is 5.91 Å². The van der Waals surface area contributed by atoms with Crippen LogP contribution in [0, 0.1) is 5.41 Å². The molecule has 2 aliphatic rings. The van der Waals surface area contributed by atoms with E-state index in [0.29, 0.717) is 0 Å². The molecule has 4 heterocycles. The van der Waals surface area contributed by atoms with Gasteiger partial charge in [0, 0.05) is 17.7 Å². The standard InChI is InChI=1S/C22H28N8O5S2/c1-4-28(5-2)14-8-24-6-7-29(14)10-22(20(33)34)11-30-18(32)16(19(30)37-12-22)26-17(31)15(27-35-3)13-9-36-21(23)25-13/h6-9,16,19H,4-5,10-12H2,1-3H3,(H3-,23,25,26,31,33,34)/t16?,19-,22?/m1/s1. The van der Waals surface area contributed by atoms with Crippen molar-refractivity contribution in [3.05, 3.63) is 29.7 Å². The van der Waals surface area contributed by atoms with Crippen LogP contribution in [-0.2, 0) is 25.8 Å². The van der Waals surface area contributed by atoms with E-state index in [1.807, 2.05) is 18.4 Å². The third-order valence-corrected chi connectivity index (χ3v) is 8.67. The molecule has 0 radical (unpaired) electrons. The number of nitrogens with two attached hydrogens (primary N) is 1. The number of nitrogen functional groups attached to an aromatic ring is 1. The van der Waals surface area contributed by atoms with Crippen LogP contribution in [-0.4, -0.2) is 82.3 Å². The number of carboxylic acid groups (broad SMARTS) is 1. The molecule has 198 valence electrons. The zero-order valence-corrected chi connectivity index (χ0v) is 22.3. The van der Waals surface area contributed by atoms with Gasteiger partial charge in [-0.1, -0.05) is 5.16 Å². The summed E-state index contributed by atoms with van der Waals surface area (Å²) in [6, 6.07) is -0.838. The number of β-lactam (4-membered cyclic amide) rings is 1. The van der Waals surface area contributed by atoms with Crippen LogP contribution in [0.15, 0.2) is 29.1 Å². The molecule has 2 aromatic rings. The van der Waals surface area contributed by atoms with Crippen molar-refractivity contribution >= 4 is 57.5 Å². The van der Waals surface area contributed by atoms with Gasteiger partial charge in [-0.25, -0.2) is 9.55 Å². The van der Waals surface area contributed by atoms with Crippen LogP contribution >= 0.6 is 23.1 Å². The number of amides is 2. The number of thiazole rings is 1. The molecule has 13 nitrogen and oxygen atoms in total. The molecule has 2 fully saturated rings. The second kappa shape index (κ2) is 10.9. The predicted molar refractivity (Wildman–Crippen MR) is 135 cm³/mol. The van der Waals surface area contributed by atoms with E-state index < -0.39 is 28.7 Å². The molecule has 2 saturated heterocycles. The van der Waals surface area contributed by atoms with Crippen molar-refractivity contribution in [1.82, 2.24) is 20.2 Å². The molecular weight excluding hydrogens is 520 g/mol. The number of fused-ring (bicyclic) bond motifs is 1. The largest absolute Gasteiger partial charge is 0.549 e. The average molecular weight is 549 g/mol. The fraction of sp³-hybridized carbons (Fsp3) is 0.500. The number of nitrogens with zero attached hydrogens (tertiary/aromatic N) is 6. The molecule has 0 spiro atoms. The quantitative estimate of drug-likeness (QED) is 0.153. The zero-order chi connectivity index (χ0) is 26.7. The Morgan fingerprint density at radius 3 is 2.81 bits per heavy atom. The van der Waals surface area contributed by atoms with E-state index in [0.717, 1.165) is 30.2 Å². The summed E-state index contributed by atoms with van der Waals surface area (Å²) in [6.45, 7) is 5.55. The van der Waals surface area contributed by atoms with Crippen LogP contribution in [0.3, 0.4) is 0 Å². The van der Waals surface area contributed by atoms with Crippen molar-refractivity contribution in [2.45, 2.75) is 31.8 Å². The topological polar surface area (TPSA) is 170 Å². The minimum absolute atomic E-state index is 0.0349. The van der Waals surface area contributed by atoms with Crippen LogP contribution in [0.25, 0.3) is 0 Å². The highest BCUT2D eigenvalue weighted by Gasteiger charge is 2.56. The summed E-state index contributed by atoms with van der Waals surface area (Å²) in [6.07, 6.45) is 5.03. The van der Waals surface area contributed by atoms with Gasteiger partial charge in [-0.2, -0.15) is 0 Å². The molecule has 15 heteroatoms. The SMILES string of the molecule is CCN(CC)c1cncc[n+]1CC1(C(=O)[O-])CS[C@@H]2C(NC(=O)C(=NOC)c3csc(N)n3)C(=O)N2C1. The highest BCUT2D eigenvalue weighted by atomic mass is 32.2. The van der Waals surface area contributed by atoms with Gasteiger partial charge >= 0.3 is 0 Å². The summed E-state index contributed by atoms with van der Waals surface area (Å²) in [4.78, 5) is 55.0. The summed E-state index contributed by atoms with van der Waals surface area (Å²) in [5, 5.41) is 20.3. The maximum Gasteiger partial charge on any atom is 0.295 e. The second-order valence-electron chi connectivity index (χ2n) is 8.61. The van der Waals surface area contributed by atoms with Crippen LogP contribution in [0.4, 0.5) is 10.9 Å². The zero-order valence-electron chi connectivity index (χ0n) is 20.6. The van der Waals surface area contributed by atoms with E-state index >= 15 is 0 Å². The van der Waals surface area contributed by atoms with Gasteiger partial charge in [-0.15, -0.1) is 23.1 Å². The van der Waals surface area contributed by atoms with Crippen LogP contribution in [0.2, 0.25) is 0 Å². The Kier molecular flexibility index (Phi) is 7.82. The molecule has 2 amide bonds. The fourth-order valence-corrected chi connectivity index (χ4v) is 6.54. The number of anilines is 2. The second-order valence-corrected chi connectivity index (χ2v) is 10.6. The Morgan fingerprint density at radius 1 is 1.43 bits per heavy atom. The van der Waals surface area contributed by atoms with Gasteiger partial charge in [0.1, 0.15) is 43.2 Å². The number of rotatable bonds is 10. The lowest BCUT2D eigenvalue weighted by Crippen LogP contribution is -2.75. The lowest BCUT2D eigenvalue weighted by Gasteiger charge is -2.54. The van der Waals surface area contributed by atoms with E-state index in [1.54, 1.807) is 24.0 Å². The fourth-order valence-electron chi connectivity index (χ4n) is 4.46. The molecule has 0 aromatic carbocycles. The third-order valence-electron chi connectivity index (χ3n) is 6.40. The highest BCUT2D eigenvalue weighted by molar-refractivity contribution is 8.00. The van der Waals surface area contributed by atoms with E-state index in [1.165, 1.54) is 23.8 Å². The van der Waals surface area contributed by atoms with E-state index in [-0.39, 0.29) is 41.3 Å². The molecule has 2 aliphatic heterocycles. The summed E-state index contributed by atoms with van der Waals surface area (Å²) < 4.78 is 1.84. The summed E-state index contributed by atoms with van der Waals surface area (Å²) in [7, 11) is 1.29. The van der Waals surface area contributed by atoms with Gasteiger partial charge < -0.3 is 30.7 Å². The lowest BCUT2D eigenvalue weighted by atomic mass is 9.86. The minimum Gasteiger partial charge on any atom is -0.549 e. The molecule has 4 rings (SSSR count). The first-order chi connectivity index (χ1) is 17.7. The molecule has 2 aromatic heterocycles. The van der Waals surface area contributed by atoms with Crippen molar-refractivity contribution in [2.24, 2.45) is 10.6 Å². The number of carboxylic acids is 1. The molecule has 2 unspecified atom stereocenters. The number of aromatic nitrogens is 3. The Hall–Kier alpha value is -3.46. The Bertz CT molecular complexity index is 1220. The molecular formula is C22H28N8O5S2. The maximum absolute atomic E-state index is 13.0. The number of carbonyl (C=O) groups is 3. The lowest BCUT2D eigenvalue weighted by molar-refractivity contribution is -0.696.